The van der Waals surface area contributed by atoms with Crippen molar-refractivity contribution in [1.82, 2.24) is 9.80 Å². The summed E-state index contributed by atoms with van der Waals surface area (Å²) < 4.78 is 0. The average molecular weight is 318 g/mol. The van der Waals surface area contributed by atoms with Crippen molar-refractivity contribution < 1.29 is 9.59 Å². The molecule has 112 valence electrons. The Morgan fingerprint density at radius 2 is 1.90 bits per heavy atom. The predicted octanol–water partition coefficient (Wildman–Crippen LogP) is 1.19. The van der Waals surface area contributed by atoms with Gasteiger partial charge in [-0.15, -0.1) is 23.7 Å². The van der Waals surface area contributed by atoms with Crippen molar-refractivity contribution in [3.8, 4) is 0 Å². The number of carbonyl (C=O) groups is 2. The molecule has 0 spiro atoms. The molecule has 20 heavy (non-hydrogen) atoms. The van der Waals surface area contributed by atoms with Crippen molar-refractivity contribution in [2.45, 2.75) is 19.4 Å². The minimum absolute atomic E-state index is 0. The summed E-state index contributed by atoms with van der Waals surface area (Å²) in [5.41, 5.74) is 5.63. The fraction of sp³-hybridized carbons (Fsp3) is 0.538. The zero-order valence-electron chi connectivity index (χ0n) is 11.4. The van der Waals surface area contributed by atoms with Gasteiger partial charge in [0.1, 0.15) is 0 Å². The molecule has 2 amide bonds. The second-order valence-electron chi connectivity index (χ2n) is 4.83. The minimum Gasteiger partial charge on any atom is -0.339 e. The van der Waals surface area contributed by atoms with Crippen LogP contribution in [0.3, 0.4) is 0 Å². The van der Waals surface area contributed by atoms with Crippen molar-refractivity contribution in [2.24, 2.45) is 5.73 Å². The van der Waals surface area contributed by atoms with E-state index in [0.717, 1.165) is 4.88 Å². The Bertz CT molecular complexity index is 442. The molecule has 1 aliphatic rings. The minimum atomic E-state index is -0.113. The summed E-state index contributed by atoms with van der Waals surface area (Å²) in [5, 5.41) is 1.90. The third-order valence-electron chi connectivity index (χ3n) is 3.15. The van der Waals surface area contributed by atoms with Crippen LogP contribution < -0.4 is 5.73 Å². The SMILES string of the molecule is CC(N)CC(=O)N1CCN(C(=O)c2cccs2)CC1.Cl. The number of carbonyl (C=O) groups excluding carboxylic acids is 2. The van der Waals surface area contributed by atoms with Crippen LogP contribution in [0.2, 0.25) is 0 Å². The number of hydrogen-bond acceptors (Lipinski definition) is 4. The van der Waals surface area contributed by atoms with Gasteiger partial charge in [0, 0.05) is 38.6 Å². The third kappa shape index (κ3) is 4.19. The second kappa shape index (κ2) is 7.61. The first-order valence-corrected chi connectivity index (χ1v) is 7.32. The molecule has 0 aliphatic carbocycles. The Morgan fingerprint density at radius 3 is 2.40 bits per heavy atom. The van der Waals surface area contributed by atoms with E-state index in [0.29, 0.717) is 32.6 Å². The van der Waals surface area contributed by atoms with Crippen molar-refractivity contribution in [3.63, 3.8) is 0 Å². The van der Waals surface area contributed by atoms with Crippen LogP contribution in [0.5, 0.6) is 0 Å². The molecule has 0 aromatic carbocycles. The van der Waals surface area contributed by atoms with E-state index in [4.69, 9.17) is 5.73 Å². The molecule has 1 aliphatic heterocycles. The van der Waals surface area contributed by atoms with Crippen LogP contribution in [0.1, 0.15) is 23.0 Å². The highest BCUT2D eigenvalue weighted by molar-refractivity contribution is 7.12. The number of halogens is 1. The van der Waals surface area contributed by atoms with Gasteiger partial charge < -0.3 is 15.5 Å². The number of nitrogens with zero attached hydrogens (tertiary/aromatic N) is 2. The Morgan fingerprint density at radius 1 is 1.30 bits per heavy atom. The molecule has 5 nitrogen and oxygen atoms in total. The van der Waals surface area contributed by atoms with Crippen molar-refractivity contribution in [3.05, 3.63) is 22.4 Å². The lowest BCUT2D eigenvalue weighted by atomic mass is 10.2. The summed E-state index contributed by atoms with van der Waals surface area (Å²) in [7, 11) is 0. The van der Waals surface area contributed by atoms with Crippen molar-refractivity contribution in [2.75, 3.05) is 26.2 Å². The number of amides is 2. The quantitative estimate of drug-likeness (QED) is 0.910. The van der Waals surface area contributed by atoms with E-state index in [1.54, 1.807) is 4.90 Å². The van der Waals surface area contributed by atoms with Gasteiger partial charge in [-0.3, -0.25) is 9.59 Å². The van der Waals surface area contributed by atoms with Gasteiger partial charge in [-0.1, -0.05) is 6.07 Å². The maximum absolute atomic E-state index is 12.1. The maximum Gasteiger partial charge on any atom is 0.264 e. The molecular weight excluding hydrogens is 298 g/mol. The van der Waals surface area contributed by atoms with Gasteiger partial charge in [0.2, 0.25) is 5.91 Å². The number of thiophene rings is 1. The fourth-order valence-electron chi connectivity index (χ4n) is 2.12. The standard InChI is InChI=1S/C13H19N3O2S.ClH/c1-10(14)9-12(17)15-4-6-16(7-5-15)13(18)11-3-2-8-19-11;/h2-3,8,10H,4-7,9,14H2,1H3;1H. The van der Waals surface area contributed by atoms with Gasteiger partial charge in [0.05, 0.1) is 4.88 Å². The lowest BCUT2D eigenvalue weighted by Crippen LogP contribution is -2.51. The Balaban J connectivity index is 0.00000200. The molecule has 1 unspecified atom stereocenters. The van der Waals surface area contributed by atoms with E-state index in [2.05, 4.69) is 0 Å². The molecule has 1 aromatic rings. The monoisotopic (exact) mass is 317 g/mol. The van der Waals surface area contributed by atoms with E-state index >= 15 is 0 Å². The van der Waals surface area contributed by atoms with Crippen LogP contribution in [0.4, 0.5) is 0 Å². The molecule has 2 rings (SSSR count). The van der Waals surface area contributed by atoms with E-state index < -0.39 is 0 Å². The topological polar surface area (TPSA) is 66.6 Å². The lowest BCUT2D eigenvalue weighted by Gasteiger charge is -2.34. The number of nitrogens with two attached hydrogens (primary N) is 1. The summed E-state index contributed by atoms with van der Waals surface area (Å²) in [4.78, 5) is 28.3. The second-order valence-corrected chi connectivity index (χ2v) is 5.78. The lowest BCUT2D eigenvalue weighted by molar-refractivity contribution is -0.132. The summed E-state index contributed by atoms with van der Waals surface area (Å²) in [6, 6.07) is 3.60. The molecule has 2 N–H and O–H groups in total. The average Bonchev–Trinajstić information content (AvgIpc) is 2.91. The van der Waals surface area contributed by atoms with Crippen molar-refractivity contribution >= 4 is 35.6 Å². The molecule has 1 aromatic heterocycles. The van der Waals surface area contributed by atoms with Crippen LogP contribution in [-0.4, -0.2) is 53.8 Å². The fourth-order valence-corrected chi connectivity index (χ4v) is 2.81. The van der Waals surface area contributed by atoms with Gasteiger partial charge in [-0.25, -0.2) is 0 Å². The number of piperazine rings is 1. The molecule has 2 heterocycles. The van der Waals surface area contributed by atoms with Crippen LogP contribution in [-0.2, 0) is 4.79 Å². The summed E-state index contributed by atoms with van der Waals surface area (Å²) in [6.07, 6.45) is 0.374. The smallest absolute Gasteiger partial charge is 0.264 e. The Labute approximate surface area is 129 Å². The number of hydrogen-bond donors (Lipinski definition) is 1. The first-order valence-electron chi connectivity index (χ1n) is 6.44. The van der Waals surface area contributed by atoms with Gasteiger partial charge in [-0.2, -0.15) is 0 Å². The van der Waals surface area contributed by atoms with Gasteiger partial charge in [0.15, 0.2) is 0 Å². The summed E-state index contributed by atoms with van der Waals surface area (Å²) in [5.74, 6) is 0.146. The van der Waals surface area contributed by atoms with Crippen molar-refractivity contribution in [1.29, 1.82) is 0 Å². The molecule has 0 saturated carbocycles. The van der Waals surface area contributed by atoms with E-state index in [1.807, 2.05) is 29.3 Å². The van der Waals surface area contributed by atoms with E-state index in [-0.39, 0.29) is 30.3 Å². The van der Waals surface area contributed by atoms with Crippen LogP contribution in [0.25, 0.3) is 0 Å². The maximum atomic E-state index is 12.1. The van der Waals surface area contributed by atoms with Crippen LogP contribution in [0.15, 0.2) is 17.5 Å². The molecule has 0 bridgehead atoms. The molecule has 1 atom stereocenters. The molecule has 0 radical (unpaired) electrons. The predicted molar refractivity (Wildman–Crippen MR) is 82.3 cm³/mol. The van der Waals surface area contributed by atoms with Crippen LogP contribution >= 0.6 is 23.7 Å². The molecule has 1 fully saturated rings. The van der Waals surface area contributed by atoms with Crippen LogP contribution in [0, 0.1) is 0 Å². The first-order chi connectivity index (χ1) is 9.08. The number of rotatable bonds is 3. The molecule has 1 saturated heterocycles. The van der Waals surface area contributed by atoms with Gasteiger partial charge in [-0.05, 0) is 18.4 Å². The molecular formula is C13H20ClN3O2S. The summed E-state index contributed by atoms with van der Waals surface area (Å²) in [6.45, 7) is 4.22. The largest absolute Gasteiger partial charge is 0.339 e. The highest BCUT2D eigenvalue weighted by atomic mass is 35.5. The molecule has 7 heteroatoms. The third-order valence-corrected chi connectivity index (χ3v) is 4.01. The van der Waals surface area contributed by atoms with E-state index in [1.165, 1.54) is 11.3 Å². The zero-order chi connectivity index (χ0) is 13.8. The highest BCUT2D eigenvalue weighted by Gasteiger charge is 2.25. The zero-order valence-corrected chi connectivity index (χ0v) is 13.1. The highest BCUT2D eigenvalue weighted by Crippen LogP contribution is 2.14. The Hall–Kier alpha value is -1.11. The summed E-state index contributed by atoms with van der Waals surface area (Å²) >= 11 is 1.45. The van der Waals surface area contributed by atoms with Gasteiger partial charge >= 0.3 is 0 Å². The Kier molecular flexibility index (Phi) is 6.45. The van der Waals surface area contributed by atoms with E-state index in [9.17, 15) is 9.59 Å². The normalized spacial score (nSPS) is 16.5. The van der Waals surface area contributed by atoms with Gasteiger partial charge in [0.25, 0.3) is 5.91 Å². The first kappa shape index (κ1) is 16.9.